The number of rotatable bonds is 5. The average Bonchev–Trinajstić information content (AvgIpc) is 3.36. The van der Waals surface area contributed by atoms with Gasteiger partial charge in [0.2, 0.25) is 0 Å². The van der Waals surface area contributed by atoms with Crippen LogP contribution in [0.1, 0.15) is 35.9 Å². The van der Waals surface area contributed by atoms with Crippen LogP contribution < -0.4 is 4.74 Å². The molecule has 0 aliphatic carbocycles. The van der Waals surface area contributed by atoms with Crippen molar-refractivity contribution < 1.29 is 4.74 Å². The standard InChI is InChI=1S/C19H22N4OS/c1-24-16-6-7-17(23-11-4-8-21-23)15(13-16)14-22-10-3-2-5-18(22)19-20-9-12-25-19/h4,6-9,11-13,18H,2-3,5,10,14H2,1H3/t18-/m1/s1. The third-order valence-corrected chi connectivity index (χ3v) is 5.64. The molecule has 0 radical (unpaired) electrons. The molecular formula is C19H22N4OS. The van der Waals surface area contributed by atoms with Gasteiger partial charge >= 0.3 is 0 Å². The van der Waals surface area contributed by atoms with Crippen molar-refractivity contribution in [3.05, 3.63) is 58.8 Å². The molecule has 0 saturated carbocycles. The maximum atomic E-state index is 5.46. The fourth-order valence-electron chi connectivity index (χ4n) is 3.53. The normalized spacial score (nSPS) is 18.4. The molecule has 6 heteroatoms. The van der Waals surface area contributed by atoms with Gasteiger partial charge in [-0.25, -0.2) is 9.67 Å². The van der Waals surface area contributed by atoms with Crippen molar-refractivity contribution in [3.8, 4) is 11.4 Å². The van der Waals surface area contributed by atoms with E-state index in [2.05, 4.69) is 32.5 Å². The lowest BCUT2D eigenvalue weighted by Crippen LogP contribution is -2.33. The summed E-state index contributed by atoms with van der Waals surface area (Å²) < 4.78 is 7.38. The van der Waals surface area contributed by atoms with Crippen LogP contribution in [0.25, 0.3) is 5.69 Å². The molecule has 0 unspecified atom stereocenters. The van der Waals surface area contributed by atoms with Crippen LogP contribution in [0, 0.1) is 0 Å². The highest BCUT2D eigenvalue weighted by Gasteiger charge is 2.26. The topological polar surface area (TPSA) is 43.2 Å². The zero-order valence-corrected chi connectivity index (χ0v) is 15.2. The van der Waals surface area contributed by atoms with Gasteiger partial charge in [-0.1, -0.05) is 6.42 Å². The minimum Gasteiger partial charge on any atom is -0.497 e. The number of thiazole rings is 1. The van der Waals surface area contributed by atoms with Gasteiger partial charge in [0.1, 0.15) is 10.8 Å². The highest BCUT2D eigenvalue weighted by atomic mass is 32.1. The van der Waals surface area contributed by atoms with Crippen molar-refractivity contribution in [1.29, 1.82) is 0 Å². The van der Waals surface area contributed by atoms with E-state index in [4.69, 9.17) is 4.74 Å². The fraction of sp³-hybridized carbons (Fsp3) is 0.368. The Balaban J connectivity index is 1.66. The summed E-state index contributed by atoms with van der Waals surface area (Å²) in [6, 6.07) is 8.57. The monoisotopic (exact) mass is 354 g/mol. The molecule has 0 N–H and O–H groups in total. The molecule has 1 fully saturated rings. The van der Waals surface area contributed by atoms with Crippen LogP contribution in [0.4, 0.5) is 0 Å². The maximum Gasteiger partial charge on any atom is 0.119 e. The largest absolute Gasteiger partial charge is 0.497 e. The minimum absolute atomic E-state index is 0.408. The molecule has 1 atom stereocenters. The average molecular weight is 354 g/mol. The number of likely N-dealkylation sites (tertiary alicyclic amines) is 1. The molecule has 0 spiro atoms. The second kappa shape index (κ2) is 7.37. The number of piperidine rings is 1. The van der Waals surface area contributed by atoms with E-state index in [1.54, 1.807) is 18.4 Å². The number of hydrogen-bond donors (Lipinski definition) is 0. The number of aromatic nitrogens is 3. The van der Waals surface area contributed by atoms with Gasteiger partial charge in [-0.05, 0) is 49.2 Å². The van der Waals surface area contributed by atoms with Gasteiger partial charge in [0, 0.05) is 30.5 Å². The van der Waals surface area contributed by atoms with Crippen molar-refractivity contribution in [3.63, 3.8) is 0 Å². The van der Waals surface area contributed by atoms with E-state index in [-0.39, 0.29) is 0 Å². The molecule has 0 bridgehead atoms. The quantitative estimate of drug-likeness (QED) is 0.693. The smallest absolute Gasteiger partial charge is 0.119 e. The van der Waals surface area contributed by atoms with Crippen molar-refractivity contribution in [2.45, 2.75) is 31.8 Å². The molecule has 1 saturated heterocycles. The van der Waals surface area contributed by atoms with Gasteiger partial charge < -0.3 is 4.74 Å². The Kier molecular flexibility index (Phi) is 4.81. The molecule has 5 nitrogen and oxygen atoms in total. The summed E-state index contributed by atoms with van der Waals surface area (Å²) in [4.78, 5) is 7.12. The summed E-state index contributed by atoms with van der Waals surface area (Å²) in [6.07, 6.45) is 9.39. The van der Waals surface area contributed by atoms with E-state index in [0.29, 0.717) is 6.04 Å². The summed E-state index contributed by atoms with van der Waals surface area (Å²) in [5.74, 6) is 0.883. The minimum atomic E-state index is 0.408. The molecular weight excluding hydrogens is 332 g/mol. The summed E-state index contributed by atoms with van der Waals surface area (Å²) in [6.45, 7) is 1.97. The maximum absolute atomic E-state index is 5.46. The van der Waals surface area contributed by atoms with Crippen LogP contribution in [-0.2, 0) is 6.54 Å². The zero-order chi connectivity index (χ0) is 17.1. The van der Waals surface area contributed by atoms with Crippen LogP contribution in [0.3, 0.4) is 0 Å². The van der Waals surface area contributed by atoms with Gasteiger partial charge in [-0.3, -0.25) is 4.90 Å². The number of methoxy groups -OCH3 is 1. The lowest BCUT2D eigenvalue weighted by Gasteiger charge is -2.35. The second-order valence-electron chi connectivity index (χ2n) is 6.30. The first-order valence-corrected chi connectivity index (χ1v) is 9.53. The highest BCUT2D eigenvalue weighted by molar-refractivity contribution is 7.09. The first kappa shape index (κ1) is 16.3. The number of benzene rings is 1. The Bertz CT molecular complexity index is 801. The number of ether oxygens (including phenoxy) is 1. The Morgan fingerprint density at radius 3 is 3.00 bits per heavy atom. The van der Waals surface area contributed by atoms with E-state index >= 15 is 0 Å². The lowest BCUT2D eigenvalue weighted by molar-refractivity contribution is 0.140. The van der Waals surface area contributed by atoms with Crippen molar-refractivity contribution in [1.82, 2.24) is 19.7 Å². The molecule has 0 amide bonds. The Hall–Kier alpha value is -2.18. The van der Waals surface area contributed by atoms with Gasteiger partial charge in [0.05, 0.1) is 18.8 Å². The lowest BCUT2D eigenvalue weighted by atomic mass is 10.0. The van der Waals surface area contributed by atoms with Crippen LogP contribution >= 0.6 is 11.3 Å². The Morgan fingerprint density at radius 1 is 1.28 bits per heavy atom. The van der Waals surface area contributed by atoms with Crippen LogP contribution in [0.15, 0.2) is 48.2 Å². The van der Waals surface area contributed by atoms with E-state index in [0.717, 1.165) is 24.5 Å². The predicted octanol–water partition coefficient (Wildman–Crippen LogP) is 4.06. The van der Waals surface area contributed by atoms with E-state index < -0.39 is 0 Å². The first-order valence-electron chi connectivity index (χ1n) is 8.65. The van der Waals surface area contributed by atoms with Gasteiger partial charge in [0.15, 0.2) is 0 Å². The summed E-state index contributed by atoms with van der Waals surface area (Å²) in [5, 5.41) is 7.71. The molecule has 1 aromatic carbocycles. The van der Waals surface area contributed by atoms with Crippen molar-refractivity contribution >= 4 is 11.3 Å². The van der Waals surface area contributed by atoms with E-state index in [1.165, 1.54) is 29.8 Å². The number of nitrogens with zero attached hydrogens (tertiary/aromatic N) is 4. The fourth-order valence-corrected chi connectivity index (χ4v) is 4.33. The molecule has 1 aliphatic rings. The van der Waals surface area contributed by atoms with Crippen molar-refractivity contribution in [2.75, 3.05) is 13.7 Å². The SMILES string of the molecule is COc1ccc(-n2cccn2)c(CN2CCCC[C@@H]2c2nccs2)c1. The van der Waals surface area contributed by atoms with E-state index in [1.807, 2.05) is 35.4 Å². The Labute approximate surface area is 151 Å². The Morgan fingerprint density at radius 2 is 2.24 bits per heavy atom. The summed E-state index contributed by atoms with van der Waals surface area (Å²) in [7, 11) is 1.71. The molecule has 130 valence electrons. The molecule has 4 rings (SSSR count). The third kappa shape index (κ3) is 3.45. The number of hydrogen-bond acceptors (Lipinski definition) is 5. The predicted molar refractivity (Wildman–Crippen MR) is 99.2 cm³/mol. The first-order chi connectivity index (χ1) is 12.3. The van der Waals surface area contributed by atoms with E-state index in [9.17, 15) is 0 Å². The van der Waals surface area contributed by atoms with Gasteiger partial charge in [-0.2, -0.15) is 5.10 Å². The molecule has 2 aromatic heterocycles. The summed E-state index contributed by atoms with van der Waals surface area (Å²) in [5.41, 5.74) is 2.33. The van der Waals surface area contributed by atoms with Crippen LogP contribution in [-0.4, -0.2) is 33.3 Å². The molecule has 25 heavy (non-hydrogen) atoms. The van der Waals surface area contributed by atoms with Gasteiger partial charge in [-0.15, -0.1) is 11.3 Å². The molecule has 3 aromatic rings. The third-order valence-electron chi connectivity index (χ3n) is 4.76. The zero-order valence-electron chi connectivity index (χ0n) is 14.3. The van der Waals surface area contributed by atoms with Crippen LogP contribution in [0.5, 0.6) is 5.75 Å². The summed E-state index contributed by atoms with van der Waals surface area (Å²) >= 11 is 1.76. The highest BCUT2D eigenvalue weighted by Crippen LogP contribution is 2.34. The van der Waals surface area contributed by atoms with Crippen molar-refractivity contribution in [2.24, 2.45) is 0 Å². The molecule has 1 aliphatic heterocycles. The molecule has 3 heterocycles. The van der Waals surface area contributed by atoms with Crippen LogP contribution in [0.2, 0.25) is 0 Å². The second-order valence-corrected chi connectivity index (χ2v) is 7.22. The van der Waals surface area contributed by atoms with Gasteiger partial charge in [0.25, 0.3) is 0 Å².